The number of benzene rings is 2. The van der Waals surface area contributed by atoms with E-state index in [-0.39, 0.29) is 11.8 Å². The average molecular weight is 281 g/mol. The van der Waals surface area contributed by atoms with E-state index in [9.17, 15) is 4.39 Å². The molecule has 0 unspecified atom stereocenters. The molecule has 21 heavy (non-hydrogen) atoms. The molecule has 0 atom stereocenters. The topological polar surface area (TPSA) is 58.0 Å². The van der Waals surface area contributed by atoms with Crippen LogP contribution in [0.5, 0.6) is 0 Å². The Bertz CT molecular complexity index is 745. The van der Waals surface area contributed by atoms with Crippen LogP contribution in [0.4, 0.5) is 10.3 Å². The van der Waals surface area contributed by atoms with E-state index in [1.54, 1.807) is 18.2 Å². The fourth-order valence-corrected chi connectivity index (χ4v) is 2.02. The van der Waals surface area contributed by atoms with Gasteiger partial charge >= 0.3 is 0 Å². The highest BCUT2D eigenvalue weighted by atomic mass is 19.1. The minimum Gasteiger partial charge on any atom is -0.288 e. The first-order valence-corrected chi connectivity index (χ1v) is 6.37. The molecule has 0 bridgehead atoms. The van der Waals surface area contributed by atoms with Gasteiger partial charge in [0.25, 0.3) is 0 Å². The monoisotopic (exact) mass is 281 g/mol. The summed E-state index contributed by atoms with van der Waals surface area (Å²) in [6.45, 7) is 0. The Morgan fingerprint density at radius 2 is 1.38 bits per heavy atom. The van der Waals surface area contributed by atoms with Gasteiger partial charge in [-0.1, -0.05) is 30.3 Å². The van der Waals surface area contributed by atoms with E-state index in [0.717, 1.165) is 11.1 Å². The van der Waals surface area contributed by atoms with Crippen LogP contribution in [0.2, 0.25) is 0 Å². The van der Waals surface area contributed by atoms with Gasteiger partial charge in [0.1, 0.15) is 5.82 Å². The van der Waals surface area contributed by atoms with Crippen LogP contribution in [0.1, 0.15) is 0 Å². The molecule has 0 spiro atoms. The van der Waals surface area contributed by atoms with E-state index < -0.39 is 0 Å². The Morgan fingerprint density at radius 3 is 1.95 bits per heavy atom. The molecule has 5 heteroatoms. The van der Waals surface area contributed by atoms with Crippen molar-refractivity contribution >= 4 is 5.95 Å². The zero-order valence-electron chi connectivity index (χ0n) is 11.0. The minimum absolute atomic E-state index is 0.0932. The summed E-state index contributed by atoms with van der Waals surface area (Å²) >= 11 is 0. The van der Waals surface area contributed by atoms with Crippen LogP contribution in [0.25, 0.3) is 22.5 Å². The SMILES string of the molecule is ONc1nc(-c2ccccc2)cc(-c2ccc(F)cc2)n1. The molecule has 3 rings (SSSR count). The Labute approximate surface area is 120 Å². The first-order valence-electron chi connectivity index (χ1n) is 6.37. The van der Waals surface area contributed by atoms with Crippen LogP contribution >= 0.6 is 0 Å². The van der Waals surface area contributed by atoms with Crippen molar-refractivity contribution in [2.75, 3.05) is 5.48 Å². The number of nitrogens with one attached hydrogen (secondary N) is 1. The Kier molecular flexibility index (Phi) is 3.57. The molecule has 0 aliphatic carbocycles. The summed E-state index contributed by atoms with van der Waals surface area (Å²) in [6.07, 6.45) is 0. The number of anilines is 1. The molecular formula is C16H12FN3O. The minimum atomic E-state index is -0.309. The Morgan fingerprint density at radius 1 is 0.810 bits per heavy atom. The number of halogens is 1. The van der Waals surface area contributed by atoms with Crippen molar-refractivity contribution in [2.24, 2.45) is 0 Å². The van der Waals surface area contributed by atoms with E-state index in [4.69, 9.17) is 5.21 Å². The fraction of sp³-hybridized carbons (Fsp3) is 0. The van der Waals surface area contributed by atoms with Crippen molar-refractivity contribution in [1.82, 2.24) is 9.97 Å². The standard InChI is InChI=1S/C16H12FN3O/c17-13-8-6-12(7-9-13)15-10-14(18-16(19-15)20-21)11-4-2-1-3-5-11/h1-10,21H,(H,18,19,20). The number of nitrogens with zero attached hydrogens (tertiary/aromatic N) is 2. The van der Waals surface area contributed by atoms with Crippen LogP contribution in [0.3, 0.4) is 0 Å². The average Bonchev–Trinajstić information content (AvgIpc) is 2.56. The third-order valence-corrected chi connectivity index (χ3v) is 3.04. The smallest absolute Gasteiger partial charge is 0.248 e. The lowest BCUT2D eigenvalue weighted by Crippen LogP contribution is -2.00. The maximum absolute atomic E-state index is 13.0. The lowest BCUT2D eigenvalue weighted by molar-refractivity contribution is 0.383. The van der Waals surface area contributed by atoms with Crippen LogP contribution < -0.4 is 5.48 Å². The first-order chi connectivity index (χ1) is 10.3. The van der Waals surface area contributed by atoms with E-state index >= 15 is 0 Å². The second-order valence-corrected chi connectivity index (χ2v) is 4.45. The van der Waals surface area contributed by atoms with Crippen molar-refractivity contribution < 1.29 is 9.60 Å². The van der Waals surface area contributed by atoms with Gasteiger partial charge in [0, 0.05) is 11.1 Å². The van der Waals surface area contributed by atoms with Gasteiger partial charge in [-0.05, 0) is 30.3 Å². The molecule has 0 saturated carbocycles. The lowest BCUT2D eigenvalue weighted by atomic mass is 10.1. The highest BCUT2D eigenvalue weighted by molar-refractivity contribution is 5.69. The number of hydrogen-bond acceptors (Lipinski definition) is 4. The highest BCUT2D eigenvalue weighted by Crippen LogP contribution is 2.25. The largest absolute Gasteiger partial charge is 0.288 e. The Hall–Kier alpha value is -2.79. The maximum atomic E-state index is 13.0. The summed E-state index contributed by atoms with van der Waals surface area (Å²) in [4.78, 5) is 8.40. The van der Waals surface area contributed by atoms with Gasteiger partial charge in [-0.3, -0.25) is 5.21 Å². The van der Waals surface area contributed by atoms with Gasteiger partial charge in [-0.2, -0.15) is 0 Å². The summed E-state index contributed by atoms with van der Waals surface area (Å²) in [5.41, 5.74) is 4.87. The summed E-state index contributed by atoms with van der Waals surface area (Å²) in [5.74, 6) is -0.215. The molecule has 0 saturated heterocycles. The molecule has 0 fully saturated rings. The summed E-state index contributed by atoms with van der Waals surface area (Å²) in [7, 11) is 0. The van der Waals surface area contributed by atoms with Crippen LogP contribution in [-0.4, -0.2) is 15.2 Å². The van der Waals surface area contributed by atoms with E-state index in [0.29, 0.717) is 11.4 Å². The molecule has 1 heterocycles. The van der Waals surface area contributed by atoms with Crippen molar-refractivity contribution in [1.29, 1.82) is 0 Å². The van der Waals surface area contributed by atoms with Crippen molar-refractivity contribution in [2.45, 2.75) is 0 Å². The molecular weight excluding hydrogens is 269 g/mol. The molecule has 1 aromatic heterocycles. The predicted octanol–water partition coefficient (Wildman–Crippen LogP) is 3.75. The quantitative estimate of drug-likeness (QED) is 0.718. The van der Waals surface area contributed by atoms with E-state index in [1.807, 2.05) is 35.8 Å². The summed E-state index contributed by atoms with van der Waals surface area (Å²) in [5, 5.41) is 9.09. The van der Waals surface area contributed by atoms with Crippen molar-refractivity contribution in [3.63, 3.8) is 0 Å². The number of rotatable bonds is 3. The van der Waals surface area contributed by atoms with Crippen LogP contribution in [0.15, 0.2) is 60.7 Å². The van der Waals surface area contributed by atoms with Gasteiger partial charge in [0.15, 0.2) is 0 Å². The Balaban J connectivity index is 2.11. The molecule has 3 aromatic rings. The van der Waals surface area contributed by atoms with Crippen molar-refractivity contribution in [3.8, 4) is 22.5 Å². The van der Waals surface area contributed by atoms with Gasteiger partial charge in [-0.25, -0.2) is 19.8 Å². The molecule has 2 N–H and O–H groups in total. The molecule has 0 radical (unpaired) electrons. The molecule has 4 nitrogen and oxygen atoms in total. The van der Waals surface area contributed by atoms with Gasteiger partial charge in [-0.15, -0.1) is 0 Å². The maximum Gasteiger partial charge on any atom is 0.248 e. The number of aromatic nitrogens is 2. The molecule has 2 aromatic carbocycles. The fourth-order valence-electron chi connectivity index (χ4n) is 2.02. The third kappa shape index (κ3) is 2.88. The molecule has 0 aliphatic rings. The zero-order chi connectivity index (χ0) is 14.7. The summed E-state index contributed by atoms with van der Waals surface area (Å²) in [6, 6.07) is 17.3. The van der Waals surface area contributed by atoms with E-state index in [2.05, 4.69) is 9.97 Å². The van der Waals surface area contributed by atoms with Gasteiger partial charge in [0.05, 0.1) is 11.4 Å². The summed E-state index contributed by atoms with van der Waals surface area (Å²) < 4.78 is 13.0. The zero-order valence-corrected chi connectivity index (χ0v) is 11.0. The van der Waals surface area contributed by atoms with Crippen LogP contribution in [0, 0.1) is 5.82 Å². The highest BCUT2D eigenvalue weighted by Gasteiger charge is 2.08. The van der Waals surface area contributed by atoms with Gasteiger partial charge < -0.3 is 0 Å². The first kappa shape index (κ1) is 13.2. The van der Waals surface area contributed by atoms with E-state index in [1.165, 1.54) is 12.1 Å². The van der Waals surface area contributed by atoms with Gasteiger partial charge in [0.2, 0.25) is 5.95 Å². The number of hydrogen-bond donors (Lipinski definition) is 2. The van der Waals surface area contributed by atoms with Crippen molar-refractivity contribution in [3.05, 3.63) is 66.5 Å². The third-order valence-electron chi connectivity index (χ3n) is 3.04. The molecule has 0 amide bonds. The molecule has 0 aliphatic heterocycles. The van der Waals surface area contributed by atoms with Crippen LogP contribution in [-0.2, 0) is 0 Å². The second-order valence-electron chi connectivity index (χ2n) is 4.45. The normalized spacial score (nSPS) is 10.4. The predicted molar refractivity (Wildman–Crippen MR) is 78.3 cm³/mol. The lowest BCUT2D eigenvalue weighted by Gasteiger charge is -2.07. The second kappa shape index (κ2) is 5.68. The molecule has 104 valence electrons.